The van der Waals surface area contributed by atoms with Gasteiger partial charge in [0.15, 0.2) is 0 Å². The maximum absolute atomic E-state index is 12.6. The van der Waals surface area contributed by atoms with Gasteiger partial charge in [-0.25, -0.2) is 4.98 Å². The second-order valence-corrected chi connectivity index (χ2v) is 8.24. The topological polar surface area (TPSA) is 49.8 Å². The third-order valence-electron chi connectivity index (χ3n) is 4.77. The first-order valence-corrected chi connectivity index (χ1v) is 10.0. The summed E-state index contributed by atoms with van der Waals surface area (Å²) in [4.78, 5) is 9.34. The molecule has 0 atom stereocenters. The first-order chi connectivity index (χ1) is 12.9. The van der Waals surface area contributed by atoms with Crippen LogP contribution in [0.25, 0.3) is 0 Å². The Morgan fingerprint density at radius 2 is 1.78 bits per heavy atom. The van der Waals surface area contributed by atoms with Crippen molar-refractivity contribution in [2.24, 2.45) is 0 Å². The van der Waals surface area contributed by atoms with E-state index in [9.17, 15) is 13.2 Å². The number of rotatable bonds is 6. The molecule has 0 saturated heterocycles. The molecule has 0 amide bonds. The highest BCUT2D eigenvalue weighted by molar-refractivity contribution is 8.00. The van der Waals surface area contributed by atoms with Crippen molar-refractivity contribution >= 4 is 29.2 Å². The van der Waals surface area contributed by atoms with Crippen LogP contribution in [0.3, 0.4) is 0 Å². The Morgan fingerprint density at radius 1 is 1.00 bits per heavy atom. The number of nitrogens with zero attached hydrogens (tertiary/aromatic N) is 2. The SMILES string of the molecule is FC(F)(F)Sc1cccc(Nc2cc(C3CC3)nc(NC3CCCC3)n2)c1. The van der Waals surface area contributed by atoms with Gasteiger partial charge in [-0.2, -0.15) is 18.2 Å². The number of halogens is 3. The van der Waals surface area contributed by atoms with E-state index in [0.717, 1.165) is 31.4 Å². The van der Waals surface area contributed by atoms with E-state index in [1.165, 1.54) is 25.0 Å². The Labute approximate surface area is 160 Å². The van der Waals surface area contributed by atoms with Gasteiger partial charge in [-0.15, -0.1) is 0 Å². The Balaban J connectivity index is 1.54. The Kier molecular flexibility index (Phi) is 5.16. The van der Waals surface area contributed by atoms with E-state index in [-0.39, 0.29) is 16.7 Å². The van der Waals surface area contributed by atoms with Crippen LogP contribution in [0.5, 0.6) is 0 Å². The molecule has 1 heterocycles. The fraction of sp³-hybridized carbons (Fsp3) is 0.474. The molecule has 8 heteroatoms. The Morgan fingerprint density at radius 3 is 2.48 bits per heavy atom. The molecule has 0 spiro atoms. The lowest BCUT2D eigenvalue weighted by Gasteiger charge is -2.15. The molecule has 2 aliphatic rings. The summed E-state index contributed by atoms with van der Waals surface area (Å²) < 4.78 is 37.8. The second-order valence-electron chi connectivity index (χ2n) is 7.10. The molecule has 0 unspecified atom stereocenters. The molecule has 1 aromatic carbocycles. The number of benzene rings is 1. The van der Waals surface area contributed by atoms with Crippen molar-refractivity contribution in [2.45, 2.75) is 60.9 Å². The van der Waals surface area contributed by atoms with Crippen LogP contribution in [0.4, 0.5) is 30.6 Å². The molecular weight excluding hydrogens is 373 g/mol. The number of hydrogen-bond acceptors (Lipinski definition) is 5. The number of nitrogens with one attached hydrogen (secondary N) is 2. The molecule has 4 rings (SSSR count). The van der Waals surface area contributed by atoms with Gasteiger partial charge in [-0.1, -0.05) is 18.9 Å². The third kappa shape index (κ3) is 5.28. The summed E-state index contributed by atoms with van der Waals surface area (Å²) in [5.41, 5.74) is -2.73. The number of thioether (sulfide) groups is 1. The Bertz CT molecular complexity index is 802. The van der Waals surface area contributed by atoms with Crippen LogP contribution in [0, 0.1) is 0 Å². The van der Waals surface area contributed by atoms with Crippen LogP contribution < -0.4 is 10.6 Å². The molecule has 27 heavy (non-hydrogen) atoms. The van der Waals surface area contributed by atoms with Gasteiger partial charge >= 0.3 is 5.51 Å². The normalized spacial score (nSPS) is 17.9. The van der Waals surface area contributed by atoms with E-state index in [1.807, 2.05) is 6.07 Å². The van der Waals surface area contributed by atoms with Crippen molar-refractivity contribution in [3.05, 3.63) is 36.0 Å². The molecule has 0 bridgehead atoms. The van der Waals surface area contributed by atoms with Crippen molar-refractivity contribution in [3.8, 4) is 0 Å². The van der Waals surface area contributed by atoms with Gasteiger partial charge in [0.25, 0.3) is 0 Å². The molecule has 2 fully saturated rings. The zero-order valence-electron chi connectivity index (χ0n) is 14.7. The summed E-state index contributed by atoms with van der Waals surface area (Å²) in [6.07, 6.45) is 6.92. The second kappa shape index (κ2) is 7.58. The van der Waals surface area contributed by atoms with Gasteiger partial charge in [0, 0.05) is 28.6 Å². The zero-order chi connectivity index (χ0) is 18.9. The zero-order valence-corrected chi connectivity index (χ0v) is 15.5. The molecule has 2 aromatic rings. The maximum atomic E-state index is 12.6. The smallest absolute Gasteiger partial charge is 0.351 e. The fourth-order valence-electron chi connectivity index (χ4n) is 3.35. The maximum Gasteiger partial charge on any atom is 0.446 e. The summed E-state index contributed by atoms with van der Waals surface area (Å²) in [6.45, 7) is 0. The van der Waals surface area contributed by atoms with E-state index < -0.39 is 5.51 Å². The molecule has 0 radical (unpaired) electrons. The van der Waals surface area contributed by atoms with Gasteiger partial charge in [0.1, 0.15) is 5.82 Å². The average Bonchev–Trinajstić information content (AvgIpc) is 3.32. The van der Waals surface area contributed by atoms with Crippen molar-refractivity contribution in [2.75, 3.05) is 10.6 Å². The third-order valence-corrected chi connectivity index (χ3v) is 5.49. The van der Waals surface area contributed by atoms with Crippen LogP contribution in [-0.2, 0) is 0 Å². The molecule has 2 aliphatic carbocycles. The molecule has 144 valence electrons. The molecule has 4 nitrogen and oxygen atoms in total. The summed E-state index contributed by atoms with van der Waals surface area (Å²) in [5, 5.41) is 6.56. The highest BCUT2D eigenvalue weighted by Gasteiger charge is 2.29. The van der Waals surface area contributed by atoms with Crippen molar-refractivity contribution in [3.63, 3.8) is 0 Å². The quantitative estimate of drug-likeness (QED) is 0.583. The standard InChI is InChI=1S/C19H21F3N4S/c20-19(21,22)27-15-7-3-6-14(10-15)23-17-11-16(12-8-9-12)25-18(26-17)24-13-4-1-2-5-13/h3,6-7,10-13H,1-2,4-5,8-9H2,(H2,23,24,25,26). The van der Waals surface area contributed by atoms with Crippen LogP contribution in [0.15, 0.2) is 35.2 Å². The van der Waals surface area contributed by atoms with Crippen molar-refractivity contribution < 1.29 is 13.2 Å². The van der Waals surface area contributed by atoms with E-state index in [0.29, 0.717) is 29.4 Å². The summed E-state index contributed by atoms with van der Waals surface area (Å²) in [7, 11) is 0. The monoisotopic (exact) mass is 394 g/mol. The van der Waals surface area contributed by atoms with Gasteiger partial charge in [0.2, 0.25) is 5.95 Å². The van der Waals surface area contributed by atoms with Crippen LogP contribution in [-0.4, -0.2) is 21.5 Å². The lowest BCUT2D eigenvalue weighted by Crippen LogP contribution is -2.17. The van der Waals surface area contributed by atoms with Gasteiger partial charge in [-0.05, 0) is 55.6 Å². The van der Waals surface area contributed by atoms with Crippen LogP contribution in [0.2, 0.25) is 0 Å². The summed E-state index contributed by atoms with van der Waals surface area (Å²) >= 11 is -0.117. The van der Waals surface area contributed by atoms with Crippen LogP contribution >= 0.6 is 11.8 Å². The fourth-order valence-corrected chi connectivity index (χ4v) is 3.95. The Hall–Kier alpha value is -1.96. The first kappa shape index (κ1) is 18.4. The lowest BCUT2D eigenvalue weighted by molar-refractivity contribution is -0.0328. The molecule has 0 aliphatic heterocycles. The minimum absolute atomic E-state index is 0.117. The van der Waals surface area contributed by atoms with Crippen LogP contribution in [0.1, 0.15) is 50.1 Å². The predicted molar refractivity (Wildman–Crippen MR) is 102 cm³/mol. The van der Waals surface area contributed by atoms with Crippen molar-refractivity contribution in [1.82, 2.24) is 9.97 Å². The first-order valence-electron chi connectivity index (χ1n) is 9.23. The van der Waals surface area contributed by atoms with E-state index in [4.69, 9.17) is 0 Å². The minimum atomic E-state index is -4.30. The van der Waals surface area contributed by atoms with Gasteiger partial charge in [0.05, 0.1) is 5.69 Å². The van der Waals surface area contributed by atoms with E-state index in [1.54, 1.807) is 12.1 Å². The summed E-state index contributed by atoms with van der Waals surface area (Å²) in [5.74, 6) is 1.68. The van der Waals surface area contributed by atoms with E-state index >= 15 is 0 Å². The summed E-state index contributed by atoms with van der Waals surface area (Å²) in [6, 6.07) is 8.59. The number of anilines is 3. The largest absolute Gasteiger partial charge is 0.446 e. The average molecular weight is 394 g/mol. The van der Waals surface area contributed by atoms with Gasteiger partial charge < -0.3 is 10.6 Å². The molecule has 1 aromatic heterocycles. The number of alkyl halides is 3. The predicted octanol–water partition coefficient (Wildman–Crippen LogP) is 6.06. The molecular formula is C19H21F3N4S. The lowest BCUT2D eigenvalue weighted by atomic mass is 10.2. The van der Waals surface area contributed by atoms with Crippen molar-refractivity contribution in [1.29, 1.82) is 0 Å². The molecule has 2 saturated carbocycles. The van der Waals surface area contributed by atoms with E-state index in [2.05, 4.69) is 20.6 Å². The number of aromatic nitrogens is 2. The molecule has 2 N–H and O–H groups in total. The van der Waals surface area contributed by atoms with Gasteiger partial charge in [-0.3, -0.25) is 0 Å². The highest BCUT2D eigenvalue weighted by atomic mass is 32.2. The minimum Gasteiger partial charge on any atom is -0.351 e. The highest BCUT2D eigenvalue weighted by Crippen LogP contribution is 2.41. The number of hydrogen-bond donors (Lipinski definition) is 2.